The maximum Gasteiger partial charge on any atom is 0.348 e. The van der Waals surface area contributed by atoms with Gasteiger partial charge in [0, 0.05) is 6.04 Å². The van der Waals surface area contributed by atoms with Crippen molar-refractivity contribution in [3.8, 4) is 0 Å². The van der Waals surface area contributed by atoms with Gasteiger partial charge in [-0.2, -0.15) is 0 Å². The molecule has 0 bridgehead atoms. The van der Waals surface area contributed by atoms with Crippen molar-refractivity contribution >= 4 is 6.02 Å². The van der Waals surface area contributed by atoms with Crippen molar-refractivity contribution in [3.63, 3.8) is 0 Å². The first kappa shape index (κ1) is 15.9. The average Bonchev–Trinajstić information content (AvgIpc) is 2.35. The molecule has 0 spiro atoms. The smallest absolute Gasteiger partial charge is 0.348 e. The van der Waals surface area contributed by atoms with Crippen molar-refractivity contribution in [3.05, 3.63) is 46.0 Å². The molecular formula is C14H21N3O3. The number of nitro groups is 1. The monoisotopic (exact) mass is 279 g/mol. The number of aliphatic imine (C=N–C) groups is 1. The molecule has 0 aliphatic carbocycles. The number of hydrogen-bond acceptors (Lipinski definition) is 4. The van der Waals surface area contributed by atoms with Crippen molar-refractivity contribution in [2.45, 2.75) is 46.4 Å². The quantitative estimate of drug-likeness (QED) is 0.360. The Hall–Kier alpha value is -2.11. The molecule has 0 aliphatic heterocycles. The molecule has 0 unspecified atom stereocenters. The number of ether oxygens (including phenoxy) is 1. The SMILES string of the molecule is CC(C)N=C(OC(C)C)N(Cc1ccccc1)[N+](=O)[O-]. The Morgan fingerprint density at radius 1 is 1.30 bits per heavy atom. The van der Waals surface area contributed by atoms with Crippen LogP contribution in [0.4, 0.5) is 0 Å². The second-order valence-electron chi connectivity index (χ2n) is 4.95. The summed E-state index contributed by atoms with van der Waals surface area (Å²) in [4.78, 5) is 15.5. The van der Waals surface area contributed by atoms with E-state index in [2.05, 4.69) is 4.99 Å². The van der Waals surface area contributed by atoms with Gasteiger partial charge in [0.25, 0.3) is 0 Å². The van der Waals surface area contributed by atoms with E-state index < -0.39 is 5.03 Å². The summed E-state index contributed by atoms with van der Waals surface area (Å²) in [6.07, 6.45) is -0.175. The fourth-order valence-corrected chi connectivity index (χ4v) is 1.54. The molecule has 0 atom stereocenters. The summed E-state index contributed by atoms with van der Waals surface area (Å²) in [7, 11) is 0. The molecule has 6 heteroatoms. The minimum absolute atomic E-state index is 0.0452. The zero-order valence-electron chi connectivity index (χ0n) is 12.3. The molecule has 0 heterocycles. The van der Waals surface area contributed by atoms with Crippen molar-refractivity contribution < 1.29 is 9.77 Å². The van der Waals surface area contributed by atoms with Crippen LogP contribution in [0.3, 0.4) is 0 Å². The highest BCUT2D eigenvalue weighted by molar-refractivity contribution is 5.72. The Balaban J connectivity index is 2.99. The number of benzene rings is 1. The van der Waals surface area contributed by atoms with Crippen LogP contribution in [0.1, 0.15) is 33.3 Å². The highest BCUT2D eigenvalue weighted by Crippen LogP contribution is 2.09. The molecule has 0 saturated heterocycles. The summed E-state index contributed by atoms with van der Waals surface area (Å²) in [5.41, 5.74) is 0.827. The first-order valence-corrected chi connectivity index (χ1v) is 6.60. The maximum atomic E-state index is 11.3. The lowest BCUT2D eigenvalue weighted by atomic mass is 10.2. The van der Waals surface area contributed by atoms with Crippen LogP contribution in [0.5, 0.6) is 0 Å². The Kier molecular flexibility index (Phi) is 5.96. The third-order valence-electron chi connectivity index (χ3n) is 2.30. The minimum Gasteiger partial charge on any atom is -0.459 e. The molecule has 6 nitrogen and oxygen atoms in total. The number of nitrogens with zero attached hydrogens (tertiary/aromatic N) is 3. The minimum atomic E-state index is -0.489. The van der Waals surface area contributed by atoms with E-state index in [0.717, 1.165) is 10.6 Å². The average molecular weight is 279 g/mol. The van der Waals surface area contributed by atoms with Gasteiger partial charge in [0.15, 0.2) is 5.03 Å². The van der Waals surface area contributed by atoms with E-state index in [1.807, 2.05) is 58.0 Å². The van der Waals surface area contributed by atoms with E-state index in [4.69, 9.17) is 4.74 Å². The van der Waals surface area contributed by atoms with Crippen LogP contribution in [-0.2, 0) is 11.3 Å². The van der Waals surface area contributed by atoms with Gasteiger partial charge < -0.3 is 4.74 Å². The van der Waals surface area contributed by atoms with E-state index in [1.165, 1.54) is 0 Å². The summed E-state index contributed by atoms with van der Waals surface area (Å²) in [6.45, 7) is 7.45. The number of hydrazine groups is 1. The van der Waals surface area contributed by atoms with Crippen molar-refractivity contribution in [2.75, 3.05) is 0 Å². The van der Waals surface area contributed by atoms with Crippen LogP contribution in [0.15, 0.2) is 35.3 Å². The molecule has 20 heavy (non-hydrogen) atoms. The van der Waals surface area contributed by atoms with Crippen LogP contribution in [0.2, 0.25) is 0 Å². The fourth-order valence-electron chi connectivity index (χ4n) is 1.54. The lowest BCUT2D eigenvalue weighted by molar-refractivity contribution is -0.636. The summed E-state index contributed by atoms with van der Waals surface area (Å²) >= 11 is 0. The van der Waals surface area contributed by atoms with Gasteiger partial charge in [-0.3, -0.25) is 0 Å². The van der Waals surface area contributed by atoms with Crippen LogP contribution in [-0.4, -0.2) is 28.2 Å². The molecule has 0 aromatic heterocycles. The van der Waals surface area contributed by atoms with Gasteiger partial charge >= 0.3 is 6.02 Å². The van der Waals surface area contributed by atoms with E-state index >= 15 is 0 Å². The topological polar surface area (TPSA) is 68.0 Å². The van der Waals surface area contributed by atoms with Gasteiger partial charge in [-0.05, 0) is 38.3 Å². The van der Waals surface area contributed by atoms with Crippen LogP contribution < -0.4 is 0 Å². The molecule has 0 saturated carbocycles. The maximum absolute atomic E-state index is 11.3. The predicted octanol–water partition coefficient (Wildman–Crippen LogP) is 2.87. The highest BCUT2D eigenvalue weighted by Gasteiger charge is 2.25. The van der Waals surface area contributed by atoms with Gasteiger partial charge in [-0.1, -0.05) is 30.3 Å². The molecule has 1 aromatic carbocycles. The predicted molar refractivity (Wildman–Crippen MR) is 77.8 cm³/mol. The number of amidine groups is 1. The Morgan fingerprint density at radius 3 is 2.35 bits per heavy atom. The second kappa shape index (κ2) is 7.47. The van der Waals surface area contributed by atoms with Crippen molar-refractivity contribution in [2.24, 2.45) is 4.99 Å². The van der Waals surface area contributed by atoms with Gasteiger partial charge in [-0.15, -0.1) is 0 Å². The van der Waals surface area contributed by atoms with Gasteiger partial charge in [-0.25, -0.2) is 15.1 Å². The summed E-state index contributed by atoms with van der Waals surface area (Å²) in [5, 5.41) is 11.7. The van der Waals surface area contributed by atoms with Crippen molar-refractivity contribution in [1.82, 2.24) is 5.01 Å². The Bertz CT molecular complexity index is 458. The molecule has 110 valence electrons. The normalized spacial score (nSPS) is 11.8. The molecule has 0 amide bonds. The third-order valence-corrected chi connectivity index (χ3v) is 2.30. The highest BCUT2D eigenvalue weighted by atomic mass is 16.7. The number of hydrogen-bond donors (Lipinski definition) is 0. The molecular weight excluding hydrogens is 258 g/mol. The largest absolute Gasteiger partial charge is 0.459 e. The first-order chi connectivity index (χ1) is 9.40. The van der Waals surface area contributed by atoms with E-state index in [9.17, 15) is 10.1 Å². The lowest BCUT2D eigenvalue weighted by Crippen LogP contribution is -2.39. The summed E-state index contributed by atoms with van der Waals surface area (Å²) in [5.74, 6) is 0. The summed E-state index contributed by atoms with van der Waals surface area (Å²) < 4.78 is 5.49. The molecule has 0 aliphatic rings. The van der Waals surface area contributed by atoms with E-state index in [0.29, 0.717) is 0 Å². The zero-order chi connectivity index (χ0) is 15.1. The van der Waals surface area contributed by atoms with Gasteiger partial charge in [0.05, 0.1) is 6.10 Å². The van der Waals surface area contributed by atoms with E-state index in [-0.39, 0.29) is 24.7 Å². The van der Waals surface area contributed by atoms with Crippen LogP contribution in [0.25, 0.3) is 0 Å². The van der Waals surface area contributed by atoms with Crippen LogP contribution >= 0.6 is 0 Å². The fraction of sp³-hybridized carbons (Fsp3) is 0.500. The molecule has 0 N–H and O–H groups in total. The Morgan fingerprint density at radius 2 is 1.90 bits per heavy atom. The van der Waals surface area contributed by atoms with Gasteiger partial charge in [0.2, 0.25) is 0 Å². The lowest BCUT2D eigenvalue weighted by Gasteiger charge is -2.19. The standard InChI is InChI=1S/C14H21N3O3/c1-11(2)15-14(20-12(3)4)16(17(18)19)10-13-8-6-5-7-9-13/h5-9,11-12H,10H2,1-4H3. The molecule has 1 aromatic rings. The first-order valence-electron chi connectivity index (χ1n) is 6.60. The number of rotatable bonds is 5. The molecule has 1 rings (SSSR count). The van der Waals surface area contributed by atoms with E-state index in [1.54, 1.807) is 0 Å². The van der Waals surface area contributed by atoms with Crippen LogP contribution in [0, 0.1) is 10.1 Å². The Labute approximate surface area is 119 Å². The zero-order valence-corrected chi connectivity index (χ0v) is 12.3. The third kappa shape index (κ3) is 5.26. The molecule has 0 fully saturated rings. The van der Waals surface area contributed by atoms with Crippen molar-refractivity contribution in [1.29, 1.82) is 0 Å². The van der Waals surface area contributed by atoms with Gasteiger partial charge in [0.1, 0.15) is 6.54 Å². The molecule has 0 radical (unpaired) electrons. The second-order valence-corrected chi connectivity index (χ2v) is 4.95. The summed E-state index contributed by atoms with van der Waals surface area (Å²) in [6, 6.07) is 9.18.